The quantitative estimate of drug-likeness (QED) is 0.628. The van der Waals surface area contributed by atoms with Gasteiger partial charge in [0, 0.05) is 6.42 Å². The molecule has 0 aliphatic heterocycles. The molecular formula is C14H14Cl2N2O4. The standard InChI is InChI=1S/C14H14Cl2N2O4/c1-13(7-14(13,15)16)12(21)22-6-10(19)18-9-5-3-2-4-8(9)11(17)20/h2-5H,6-7H2,1H3,(H2,17,20)(H,18,19)/t13-/m1/s1. The van der Waals surface area contributed by atoms with Crippen LogP contribution in [0, 0.1) is 5.41 Å². The Bertz CT molecular complexity index is 647. The summed E-state index contributed by atoms with van der Waals surface area (Å²) in [6.07, 6.45) is 0.272. The molecule has 2 amide bonds. The molecule has 22 heavy (non-hydrogen) atoms. The van der Waals surface area contributed by atoms with Gasteiger partial charge in [-0.25, -0.2) is 0 Å². The molecule has 1 fully saturated rings. The van der Waals surface area contributed by atoms with Gasteiger partial charge in [0.25, 0.3) is 11.8 Å². The van der Waals surface area contributed by atoms with Crippen LogP contribution in [0.1, 0.15) is 23.7 Å². The van der Waals surface area contributed by atoms with Gasteiger partial charge >= 0.3 is 5.97 Å². The van der Waals surface area contributed by atoms with Gasteiger partial charge in [0.2, 0.25) is 0 Å². The molecule has 1 aromatic carbocycles. The first-order valence-corrected chi connectivity index (χ1v) is 7.17. The van der Waals surface area contributed by atoms with Crippen molar-refractivity contribution >= 4 is 46.7 Å². The van der Waals surface area contributed by atoms with Crippen LogP contribution in [0.25, 0.3) is 0 Å². The van der Waals surface area contributed by atoms with Crippen LogP contribution in [0.2, 0.25) is 0 Å². The maximum atomic E-state index is 11.8. The second-order valence-corrected chi connectivity index (χ2v) is 6.73. The lowest BCUT2D eigenvalue weighted by atomic mass is 10.1. The van der Waals surface area contributed by atoms with Crippen molar-refractivity contribution in [3.05, 3.63) is 29.8 Å². The normalized spacial score (nSPS) is 21.8. The highest BCUT2D eigenvalue weighted by atomic mass is 35.5. The first-order valence-electron chi connectivity index (χ1n) is 6.41. The van der Waals surface area contributed by atoms with E-state index < -0.39 is 34.1 Å². The van der Waals surface area contributed by atoms with Gasteiger partial charge < -0.3 is 15.8 Å². The second-order valence-electron chi connectivity index (χ2n) is 5.25. The van der Waals surface area contributed by atoms with Gasteiger partial charge in [0.05, 0.1) is 11.3 Å². The zero-order valence-corrected chi connectivity index (χ0v) is 13.2. The Morgan fingerprint density at radius 2 is 1.91 bits per heavy atom. The molecule has 6 nitrogen and oxygen atoms in total. The summed E-state index contributed by atoms with van der Waals surface area (Å²) in [5, 5.41) is 2.46. The highest BCUT2D eigenvalue weighted by molar-refractivity contribution is 6.53. The molecule has 2 rings (SSSR count). The third kappa shape index (κ3) is 3.18. The number of benzene rings is 1. The fourth-order valence-electron chi connectivity index (χ4n) is 1.90. The van der Waals surface area contributed by atoms with Gasteiger partial charge in [-0.2, -0.15) is 0 Å². The van der Waals surface area contributed by atoms with Gasteiger partial charge in [-0.1, -0.05) is 12.1 Å². The van der Waals surface area contributed by atoms with Crippen LogP contribution < -0.4 is 11.1 Å². The van der Waals surface area contributed by atoms with Gasteiger partial charge in [-0.3, -0.25) is 14.4 Å². The summed E-state index contributed by atoms with van der Waals surface area (Å²) in [5.41, 5.74) is 4.62. The first kappa shape index (κ1) is 16.6. The molecule has 0 unspecified atom stereocenters. The molecule has 1 aliphatic rings. The molecule has 1 saturated carbocycles. The number of carbonyl (C=O) groups is 3. The summed E-state index contributed by atoms with van der Waals surface area (Å²) in [7, 11) is 0. The predicted molar refractivity (Wildman–Crippen MR) is 81.7 cm³/mol. The number of rotatable bonds is 5. The molecule has 0 spiro atoms. The van der Waals surface area contributed by atoms with Crippen LogP contribution >= 0.6 is 23.2 Å². The number of para-hydroxylation sites is 1. The lowest BCUT2D eigenvalue weighted by molar-refractivity contribution is -0.152. The number of anilines is 1. The van der Waals surface area contributed by atoms with Gasteiger partial charge in [0.1, 0.15) is 9.75 Å². The number of ether oxygens (including phenoxy) is 1. The number of primary amides is 1. The van der Waals surface area contributed by atoms with E-state index in [0.717, 1.165) is 0 Å². The zero-order valence-electron chi connectivity index (χ0n) is 11.7. The Morgan fingerprint density at radius 1 is 1.32 bits per heavy atom. The van der Waals surface area contributed by atoms with Crippen molar-refractivity contribution in [3.63, 3.8) is 0 Å². The maximum Gasteiger partial charge on any atom is 0.315 e. The Hall–Kier alpha value is -1.79. The summed E-state index contributed by atoms with van der Waals surface area (Å²) in [6, 6.07) is 6.24. The Kier molecular flexibility index (Phi) is 4.35. The van der Waals surface area contributed by atoms with Crippen LogP contribution in [0.15, 0.2) is 24.3 Å². The minimum atomic E-state index is -1.15. The number of halogens is 2. The lowest BCUT2D eigenvalue weighted by Gasteiger charge is -2.12. The number of nitrogens with one attached hydrogen (secondary N) is 1. The van der Waals surface area contributed by atoms with E-state index >= 15 is 0 Å². The molecule has 0 aromatic heterocycles. The third-order valence-electron chi connectivity index (χ3n) is 3.51. The highest BCUT2D eigenvalue weighted by Crippen LogP contribution is 2.64. The smallest absolute Gasteiger partial charge is 0.315 e. The minimum Gasteiger partial charge on any atom is -0.455 e. The molecule has 0 heterocycles. The molecule has 8 heteroatoms. The van der Waals surface area contributed by atoms with Crippen LogP contribution in [0.3, 0.4) is 0 Å². The number of nitrogens with two attached hydrogens (primary N) is 1. The van der Waals surface area contributed by atoms with Crippen LogP contribution in [-0.2, 0) is 14.3 Å². The van der Waals surface area contributed by atoms with Crippen molar-refractivity contribution in [2.45, 2.75) is 17.7 Å². The molecule has 1 aromatic rings. The van der Waals surface area contributed by atoms with Crippen molar-refractivity contribution in [2.24, 2.45) is 11.1 Å². The fraction of sp³-hybridized carbons (Fsp3) is 0.357. The number of hydrogen-bond acceptors (Lipinski definition) is 4. The molecule has 3 N–H and O–H groups in total. The van der Waals surface area contributed by atoms with Crippen LogP contribution in [0.5, 0.6) is 0 Å². The minimum absolute atomic E-state index is 0.164. The van der Waals surface area contributed by atoms with Gasteiger partial charge in [-0.15, -0.1) is 23.2 Å². The van der Waals surface area contributed by atoms with Crippen molar-refractivity contribution in [3.8, 4) is 0 Å². The van der Waals surface area contributed by atoms with Crippen molar-refractivity contribution in [1.82, 2.24) is 0 Å². The monoisotopic (exact) mass is 344 g/mol. The summed E-state index contributed by atoms with van der Waals surface area (Å²) in [5.74, 6) is -1.91. The average Bonchev–Trinajstić information content (AvgIpc) is 2.96. The number of hydrogen-bond donors (Lipinski definition) is 2. The molecule has 0 bridgehead atoms. The number of alkyl halides is 2. The van der Waals surface area contributed by atoms with Crippen LogP contribution in [0.4, 0.5) is 5.69 Å². The van der Waals surface area contributed by atoms with Gasteiger partial charge in [0.15, 0.2) is 6.61 Å². The van der Waals surface area contributed by atoms with Crippen LogP contribution in [-0.4, -0.2) is 28.7 Å². The summed E-state index contributed by atoms with van der Waals surface area (Å²) >= 11 is 11.7. The lowest BCUT2D eigenvalue weighted by Crippen LogP contribution is -2.27. The Morgan fingerprint density at radius 3 is 2.45 bits per heavy atom. The largest absolute Gasteiger partial charge is 0.455 e. The predicted octanol–water partition coefficient (Wildman–Crippen LogP) is 1.85. The van der Waals surface area contributed by atoms with E-state index in [1.807, 2.05) is 0 Å². The number of carbonyl (C=O) groups excluding carboxylic acids is 3. The van der Waals surface area contributed by atoms with Crippen molar-refractivity contribution in [1.29, 1.82) is 0 Å². The molecule has 0 radical (unpaired) electrons. The summed E-state index contributed by atoms with van der Waals surface area (Å²) < 4.78 is 3.75. The van der Waals surface area contributed by atoms with Crippen molar-refractivity contribution in [2.75, 3.05) is 11.9 Å². The molecule has 118 valence electrons. The second kappa shape index (κ2) is 5.78. The average molecular weight is 345 g/mol. The van der Waals surface area contributed by atoms with Crippen molar-refractivity contribution < 1.29 is 19.1 Å². The maximum absolute atomic E-state index is 11.8. The Labute approximate surface area is 136 Å². The number of amides is 2. The van der Waals surface area contributed by atoms with E-state index in [9.17, 15) is 14.4 Å². The third-order valence-corrected chi connectivity index (χ3v) is 4.61. The summed E-state index contributed by atoms with van der Waals surface area (Å²) in [6.45, 7) is 1.06. The van der Waals surface area contributed by atoms with E-state index in [0.29, 0.717) is 0 Å². The van der Waals surface area contributed by atoms with E-state index in [1.54, 1.807) is 19.1 Å². The SMILES string of the molecule is C[C@]1(C(=O)OCC(=O)Nc2ccccc2C(N)=O)CC1(Cl)Cl. The topological polar surface area (TPSA) is 98.5 Å². The fourth-order valence-corrected chi connectivity index (χ4v) is 2.59. The Balaban J connectivity index is 1.92. The first-order chi connectivity index (χ1) is 10.2. The molecular weight excluding hydrogens is 331 g/mol. The van der Waals surface area contributed by atoms with E-state index in [1.165, 1.54) is 12.1 Å². The van der Waals surface area contributed by atoms with E-state index in [2.05, 4.69) is 5.32 Å². The molecule has 1 atom stereocenters. The number of esters is 1. The highest BCUT2D eigenvalue weighted by Gasteiger charge is 2.69. The molecule has 1 aliphatic carbocycles. The van der Waals surface area contributed by atoms with E-state index in [4.69, 9.17) is 33.7 Å². The van der Waals surface area contributed by atoms with Gasteiger partial charge in [-0.05, 0) is 19.1 Å². The summed E-state index contributed by atoms with van der Waals surface area (Å²) in [4.78, 5) is 34.9. The zero-order chi connectivity index (χ0) is 16.5. The molecule has 0 saturated heterocycles. The van der Waals surface area contributed by atoms with E-state index in [-0.39, 0.29) is 17.7 Å².